The van der Waals surface area contributed by atoms with E-state index < -0.39 is 17.9 Å². The summed E-state index contributed by atoms with van der Waals surface area (Å²) in [6, 6.07) is 10.5. The molecule has 0 aliphatic carbocycles. The fraction of sp³-hybridized carbons (Fsp3) is 0.348. The van der Waals surface area contributed by atoms with Crippen LogP contribution in [-0.2, 0) is 11.3 Å². The lowest BCUT2D eigenvalue weighted by Crippen LogP contribution is -2.44. The van der Waals surface area contributed by atoms with Crippen LogP contribution >= 0.6 is 11.6 Å². The topological polar surface area (TPSA) is 98.9 Å². The van der Waals surface area contributed by atoms with Gasteiger partial charge >= 0.3 is 6.09 Å². The number of nitrogens with zero attached hydrogens (tertiary/aromatic N) is 4. The van der Waals surface area contributed by atoms with Crippen molar-refractivity contribution in [2.24, 2.45) is 0 Å². The maximum atomic E-state index is 11.9. The van der Waals surface area contributed by atoms with Crippen LogP contribution in [-0.4, -0.2) is 57.4 Å². The highest BCUT2D eigenvalue weighted by atomic mass is 35.5. The molecule has 1 amide bonds. The minimum atomic E-state index is -1.05. The number of ether oxygens (including phenoxy) is 3. The third-order valence-corrected chi connectivity index (χ3v) is 6.00. The van der Waals surface area contributed by atoms with Crippen molar-refractivity contribution in [1.82, 2.24) is 19.7 Å². The number of methoxy groups -OCH3 is 2. The lowest BCUT2D eigenvalue weighted by atomic mass is 10.0. The van der Waals surface area contributed by atoms with E-state index in [1.165, 1.54) is 4.90 Å². The van der Waals surface area contributed by atoms with E-state index in [-0.39, 0.29) is 6.61 Å². The molecule has 0 unspecified atom stereocenters. The van der Waals surface area contributed by atoms with Gasteiger partial charge in [-0.1, -0.05) is 17.7 Å². The van der Waals surface area contributed by atoms with E-state index >= 15 is 0 Å². The van der Waals surface area contributed by atoms with E-state index in [9.17, 15) is 9.90 Å². The van der Waals surface area contributed by atoms with Crippen molar-refractivity contribution in [2.45, 2.75) is 32.2 Å². The van der Waals surface area contributed by atoms with Crippen LogP contribution in [0.5, 0.6) is 11.5 Å². The van der Waals surface area contributed by atoms with Crippen molar-refractivity contribution in [3.63, 3.8) is 0 Å². The Hall–Kier alpha value is -3.30. The van der Waals surface area contributed by atoms with Crippen molar-refractivity contribution in [3.8, 4) is 22.9 Å². The standard InChI is InChI=1S/C23H25ClN4O5/c1-23(2)28(22(29)30)19(12-33-23)14-6-8-18(24)17(9-14)21-25-13-27(26-21)11-15-5-7-16(31-3)10-20(15)32-4/h5-10,13,19H,11-12H2,1-4H3,(H,29,30)/t19-/m1/s1. The Bertz CT molecular complexity index is 1180. The number of hydrogen-bond donors (Lipinski definition) is 1. The number of rotatable bonds is 6. The largest absolute Gasteiger partial charge is 0.497 e. The van der Waals surface area contributed by atoms with Crippen LogP contribution in [0.2, 0.25) is 5.02 Å². The van der Waals surface area contributed by atoms with Gasteiger partial charge in [0.15, 0.2) is 5.82 Å². The van der Waals surface area contributed by atoms with Crippen LogP contribution in [0, 0.1) is 0 Å². The minimum absolute atomic E-state index is 0.250. The van der Waals surface area contributed by atoms with Crippen molar-refractivity contribution in [2.75, 3.05) is 20.8 Å². The lowest BCUT2D eigenvalue weighted by Gasteiger charge is -2.31. The summed E-state index contributed by atoms with van der Waals surface area (Å²) in [5, 5.41) is 14.8. The third kappa shape index (κ3) is 4.46. The lowest BCUT2D eigenvalue weighted by molar-refractivity contribution is -0.0420. The number of aromatic nitrogens is 3. The molecule has 1 N–H and O–H groups in total. The highest BCUT2D eigenvalue weighted by molar-refractivity contribution is 6.33. The van der Waals surface area contributed by atoms with Crippen LogP contribution in [0.3, 0.4) is 0 Å². The van der Waals surface area contributed by atoms with Crippen LogP contribution < -0.4 is 9.47 Å². The second kappa shape index (κ2) is 8.92. The first-order chi connectivity index (χ1) is 15.7. The Morgan fingerprint density at radius 1 is 1.24 bits per heavy atom. The van der Waals surface area contributed by atoms with Crippen molar-refractivity contribution in [1.29, 1.82) is 0 Å². The highest BCUT2D eigenvalue weighted by Gasteiger charge is 2.44. The molecule has 2 heterocycles. The number of amides is 1. The molecule has 9 nitrogen and oxygen atoms in total. The zero-order chi connectivity index (χ0) is 23.8. The van der Waals surface area contributed by atoms with Gasteiger partial charge in [-0.25, -0.2) is 14.5 Å². The van der Waals surface area contributed by atoms with E-state index in [2.05, 4.69) is 10.1 Å². The molecule has 1 saturated heterocycles. The van der Waals surface area contributed by atoms with E-state index in [4.69, 9.17) is 25.8 Å². The number of carboxylic acid groups (broad SMARTS) is 1. The van der Waals surface area contributed by atoms with Crippen molar-refractivity contribution in [3.05, 3.63) is 58.9 Å². The quantitative estimate of drug-likeness (QED) is 0.565. The number of halogens is 1. The molecule has 1 atom stereocenters. The number of hydrogen-bond acceptors (Lipinski definition) is 6. The van der Waals surface area contributed by atoms with Gasteiger partial charge in [-0.05, 0) is 43.7 Å². The van der Waals surface area contributed by atoms with E-state index in [1.54, 1.807) is 51.2 Å². The predicted octanol–water partition coefficient (Wildman–Crippen LogP) is 4.45. The number of carbonyl (C=O) groups is 1. The maximum absolute atomic E-state index is 11.9. The zero-order valence-electron chi connectivity index (χ0n) is 18.8. The summed E-state index contributed by atoms with van der Waals surface area (Å²) in [6.07, 6.45) is 0.572. The molecule has 1 aliphatic rings. The predicted molar refractivity (Wildman–Crippen MR) is 122 cm³/mol. The van der Waals surface area contributed by atoms with E-state index in [1.807, 2.05) is 24.3 Å². The molecule has 3 aromatic rings. The summed E-state index contributed by atoms with van der Waals surface area (Å²) in [5.41, 5.74) is 1.37. The first-order valence-corrected chi connectivity index (χ1v) is 10.7. The summed E-state index contributed by atoms with van der Waals surface area (Å²) in [4.78, 5) is 17.6. The van der Waals surface area contributed by atoms with Crippen molar-refractivity contribution >= 4 is 17.7 Å². The van der Waals surface area contributed by atoms with Gasteiger partial charge in [-0.2, -0.15) is 5.10 Å². The van der Waals surface area contributed by atoms with Crippen LogP contribution in [0.1, 0.15) is 31.0 Å². The fourth-order valence-corrected chi connectivity index (χ4v) is 4.19. The Morgan fingerprint density at radius 3 is 2.73 bits per heavy atom. The normalized spacial score (nSPS) is 17.2. The monoisotopic (exact) mass is 472 g/mol. The Labute approximate surface area is 196 Å². The second-order valence-electron chi connectivity index (χ2n) is 8.11. The molecular weight excluding hydrogens is 448 g/mol. The highest BCUT2D eigenvalue weighted by Crippen LogP contribution is 2.39. The molecule has 0 spiro atoms. The SMILES string of the molecule is COc1ccc(Cn2cnc(-c3cc([C@H]4COC(C)(C)N4C(=O)O)ccc3Cl)n2)c(OC)c1. The third-order valence-electron chi connectivity index (χ3n) is 5.67. The zero-order valence-corrected chi connectivity index (χ0v) is 19.5. The molecule has 4 rings (SSSR count). The van der Waals surface area contributed by atoms with Gasteiger partial charge in [0.05, 0.1) is 38.4 Å². The first kappa shape index (κ1) is 22.9. The minimum Gasteiger partial charge on any atom is -0.497 e. The Balaban J connectivity index is 1.62. The van der Waals surface area contributed by atoms with Crippen LogP contribution in [0.15, 0.2) is 42.7 Å². The molecule has 0 radical (unpaired) electrons. The molecule has 0 saturated carbocycles. The van der Waals surface area contributed by atoms with Gasteiger partial charge in [-0.3, -0.25) is 4.90 Å². The molecule has 1 aromatic heterocycles. The first-order valence-electron chi connectivity index (χ1n) is 10.3. The average Bonchev–Trinajstić information content (AvgIpc) is 3.37. The van der Waals surface area contributed by atoms with E-state index in [0.717, 1.165) is 11.1 Å². The van der Waals surface area contributed by atoms with Crippen LogP contribution in [0.25, 0.3) is 11.4 Å². The van der Waals surface area contributed by atoms with E-state index in [0.29, 0.717) is 34.5 Å². The van der Waals surface area contributed by atoms with Crippen molar-refractivity contribution < 1.29 is 24.1 Å². The van der Waals surface area contributed by atoms with Gasteiger partial charge in [0, 0.05) is 17.2 Å². The van der Waals surface area contributed by atoms with Crippen LogP contribution in [0.4, 0.5) is 4.79 Å². The number of benzene rings is 2. The Morgan fingerprint density at radius 2 is 2.03 bits per heavy atom. The molecule has 1 aliphatic heterocycles. The summed E-state index contributed by atoms with van der Waals surface area (Å²) in [5.74, 6) is 1.83. The summed E-state index contributed by atoms with van der Waals surface area (Å²) in [7, 11) is 3.20. The molecular formula is C23H25ClN4O5. The Kier molecular flexibility index (Phi) is 6.18. The molecule has 0 bridgehead atoms. The molecule has 33 heavy (non-hydrogen) atoms. The second-order valence-corrected chi connectivity index (χ2v) is 8.52. The van der Waals surface area contributed by atoms with Gasteiger partial charge in [0.25, 0.3) is 0 Å². The smallest absolute Gasteiger partial charge is 0.410 e. The van der Waals surface area contributed by atoms with Gasteiger partial charge in [0.1, 0.15) is 23.6 Å². The molecule has 2 aromatic carbocycles. The summed E-state index contributed by atoms with van der Waals surface area (Å²) >= 11 is 6.46. The summed E-state index contributed by atoms with van der Waals surface area (Å²) in [6.45, 7) is 4.15. The van der Waals surface area contributed by atoms with Gasteiger partial charge in [0.2, 0.25) is 0 Å². The molecule has 10 heteroatoms. The summed E-state index contributed by atoms with van der Waals surface area (Å²) < 4.78 is 18.1. The molecule has 174 valence electrons. The average molecular weight is 473 g/mol. The maximum Gasteiger partial charge on any atom is 0.410 e. The van der Waals surface area contributed by atoms with Gasteiger partial charge in [-0.15, -0.1) is 0 Å². The fourth-order valence-electron chi connectivity index (χ4n) is 3.98. The van der Waals surface area contributed by atoms with Gasteiger partial charge < -0.3 is 19.3 Å². The molecule has 1 fully saturated rings.